The summed E-state index contributed by atoms with van der Waals surface area (Å²) in [6, 6.07) is 1.36. The molecule has 1 heterocycles. The van der Waals surface area contributed by atoms with E-state index in [1.54, 1.807) is 0 Å². The molecule has 0 unspecified atom stereocenters. The van der Waals surface area contributed by atoms with Gasteiger partial charge in [-0.25, -0.2) is 9.78 Å². The molecule has 5 heteroatoms. The van der Waals surface area contributed by atoms with Crippen LogP contribution in [0.25, 0.3) is 0 Å². The molecule has 1 aromatic rings. The zero-order chi connectivity index (χ0) is 11.6. The van der Waals surface area contributed by atoms with Gasteiger partial charge in [0.25, 0.3) is 0 Å². The standard InChI is InChI=1S/C10H13ClN2O2/c1-5(2)3-8-7(12)4-6(10(14)15)9(11)13-8/h4-5H,3,12H2,1-2H3,(H,14,15). The van der Waals surface area contributed by atoms with Gasteiger partial charge >= 0.3 is 5.97 Å². The summed E-state index contributed by atoms with van der Waals surface area (Å²) in [6.45, 7) is 4.06. The van der Waals surface area contributed by atoms with E-state index in [0.717, 1.165) is 0 Å². The highest BCUT2D eigenvalue weighted by Gasteiger charge is 2.14. The van der Waals surface area contributed by atoms with E-state index in [1.807, 2.05) is 13.8 Å². The van der Waals surface area contributed by atoms with E-state index in [-0.39, 0.29) is 10.7 Å². The van der Waals surface area contributed by atoms with Gasteiger partial charge in [0, 0.05) is 0 Å². The van der Waals surface area contributed by atoms with Gasteiger partial charge in [-0.1, -0.05) is 25.4 Å². The maximum Gasteiger partial charge on any atom is 0.338 e. The van der Waals surface area contributed by atoms with Crippen molar-refractivity contribution < 1.29 is 9.90 Å². The zero-order valence-electron chi connectivity index (χ0n) is 8.62. The van der Waals surface area contributed by atoms with Crippen LogP contribution in [0.5, 0.6) is 0 Å². The van der Waals surface area contributed by atoms with E-state index in [1.165, 1.54) is 6.07 Å². The number of nitrogens with two attached hydrogens (primary N) is 1. The predicted octanol–water partition coefficient (Wildman–Crippen LogP) is 2.21. The van der Waals surface area contributed by atoms with Crippen LogP contribution in [0.1, 0.15) is 29.9 Å². The Morgan fingerprint density at radius 1 is 1.67 bits per heavy atom. The van der Waals surface area contributed by atoms with Crippen LogP contribution in [-0.2, 0) is 6.42 Å². The Bertz CT molecular complexity index is 391. The quantitative estimate of drug-likeness (QED) is 0.778. The molecule has 0 bridgehead atoms. The van der Waals surface area contributed by atoms with Gasteiger partial charge in [-0.2, -0.15) is 0 Å². The third-order valence-corrected chi connectivity index (χ3v) is 2.21. The first-order chi connectivity index (χ1) is 6.91. The lowest BCUT2D eigenvalue weighted by atomic mass is 10.1. The topological polar surface area (TPSA) is 76.2 Å². The molecule has 0 fully saturated rings. The number of carboxylic acid groups (broad SMARTS) is 1. The highest BCUT2D eigenvalue weighted by molar-refractivity contribution is 6.32. The van der Waals surface area contributed by atoms with Crippen LogP contribution in [-0.4, -0.2) is 16.1 Å². The Morgan fingerprint density at radius 3 is 2.73 bits per heavy atom. The van der Waals surface area contributed by atoms with Crippen molar-refractivity contribution in [2.75, 3.05) is 5.73 Å². The number of aromatic nitrogens is 1. The van der Waals surface area contributed by atoms with E-state index >= 15 is 0 Å². The Morgan fingerprint density at radius 2 is 2.27 bits per heavy atom. The van der Waals surface area contributed by atoms with Crippen LogP contribution in [0.4, 0.5) is 5.69 Å². The van der Waals surface area contributed by atoms with Gasteiger partial charge in [0.2, 0.25) is 0 Å². The van der Waals surface area contributed by atoms with Crippen molar-refractivity contribution in [2.24, 2.45) is 5.92 Å². The molecule has 15 heavy (non-hydrogen) atoms. The van der Waals surface area contributed by atoms with E-state index < -0.39 is 5.97 Å². The van der Waals surface area contributed by atoms with Crippen molar-refractivity contribution in [3.63, 3.8) is 0 Å². The molecule has 0 atom stereocenters. The minimum absolute atomic E-state index is 0.00708. The number of aromatic carboxylic acids is 1. The summed E-state index contributed by atoms with van der Waals surface area (Å²) < 4.78 is 0. The van der Waals surface area contributed by atoms with Crippen LogP contribution in [0.3, 0.4) is 0 Å². The van der Waals surface area contributed by atoms with Gasteiger partial charge in [0.15, 0.2) is 0 Å². The summed E-state index contributed by atoms with van der Waals surface area (Å²) >= 11 is 5.73. The predicted molar refractivity (Wildman–Crippen MR) is 59.2 cm³/mol. The minimum atomic E-state index is -1.12. The Kier molecular flexibility index (Phi) is 3.52. The van der Waals surface area contributed by atoms with Crippen LogP contribution >= 0.6 is 11.6 Å². The van der Waals surface area contributed by atoms with Crippen LogP contribution in [0, 0.1) is 5.92 Å². The zero-order valence-corrected chi connectivity index (χ0v) is 9.38. The molecule has 0 saturated heterocycles. The fourth-order valence-electron chi connectivity index (χ4n) is 1.24. The minimum Gasteiger partial charge on any atom is -0.478 e. The van der Waals surface area contributed by atoms with Gasteiger partial charge in [-0.05, 0) is 18.4 Å². The first-order valence-corrected chi connectivity index (χ1v) is 4.97. The average Bonchev–Trinajstić information content (AvgIpc) is 2.09. The molecule has 0 radical (unpaired) electrons. The molecular formula is C10H13ClN2O2. The molecule has 0 aliphatic heterocycles. The number of halogens is 1. The first kappa shape index (κ1) is 11.8. The van der Waals surface area contributed by atoms with Crippen molar-refractivity contribution in [2.45, 2.75) is 20.3 Å². The Labute approximate surface area is 93.1 Å². The number of anilines is 1. The van der Waals surface area contributed by atoms with Crippen molar-refractivity contribution >= 4 is 23.3 Å². The second kappa shape index (κ2) is 4.49. The average molecular weight is 229 g/mol. The number of pyridine rings is 1. The molecular weight excluding hydrogens is 216 g/mol. The highest BCUT2D eigenvalue weighted by atomic mass is 35.5. The molecule has 0 aromatic carbocycles. The molecule has 1 aromatic heterocycles. The van der Waals surface area contributed by atoms with E-state index in [4.69, 9.17) is 22.4 Å². The fourth-order valence-corrected chi connectivity index (χ4v) is 1.48. The van der Waals surface area contributed by atoms with Crippen molar-refractivity contribution in [3.05, 3.63) is 22.5 Å². The molecule has 82 valence electrons. The molecule has 0 aliphatic carbocycles. The number of hydrogen-bond acceptors (Lipinski definition) is 3. The number of nitrogen functional groups attached to an aromatic ring is 1. The maximum atomic E-state index is 10.7. The van der Waals surface area contributed by atoms with Crippen molar-refractivity contribution in [1.29, 1.82) is 0 Å². The molecule has 0 amide bonds. The van der Waals surface area contributed by atoms with Gasteiger partial charge in [0.1, 0.15) is 5.15 Å². The number of rotatable bonds is 3. The molecule has 0 aliphatic rings. The van der Waals surface area contributed by atoms with Crippen LogP contribution < -0.4 is 5.73 Å². The number of hydrogen-bond donors (Lipinski definition) is 2. The lowest BCUT2D eigenvalue weighted by Crippen LogP contribution is -2.07. The largest absolute Gasteiger partial charge is 0.478 e. The second-order valence-corrected chi connectivity index (χ2v) is 4.12. The van der Waals surface area contributed by atoms with Gasteiger partial charge in [-0.15, -0.1) is 0 Å². The Hall–Kier alpha value is -1.29. The van der Waals surface area contributed by atoms with Gasteiger partial charge < -0.3 is 10.8 Å². The van der Waals surface area contributed by atoms with Crippen LogP contribution in [0.15, 0.2) is 6.07 Å². The smallest absolute Gasteiger partial charge is 0.338 e. The summed E-state index contributed by atoms with van der Waals surface area (Å²) in [5.74, 6) is -0.721. The summed E-state index contributed by atoms with van der Waals surface area (Å²) in [5, 5.41) is 8.78. The maximum absolute atomic E-state index is 10.7. The molecule has 1 rings (SSSR count). The third kappa shape index (κ3) is 2.83. The normalized spacial score (nSPS) is 10.7. The fraction of sp³-hybridized carbons (Fsp3) is 0.400. The summed E-state index contributed by atoms with van der Waals surface area (Å²) in [4.78, 5) is 14.7. The summed E-state index contributed by atoms with van der Waals surface area (Å²) in [7, 11) is 0. The van der Waals surface area contributed by atoms with E-state index in [9.17, 15) is 4.79 Å². The SMILES string of the molecule is CC(C)Cc1nc(Cl)c(C(=O)O)cc1N. The number of carboxylic acids is 1. The summed E-state index contributed by atoms with van der Waals surface area (Å²) in [6.07, 6.45) is 0.686. The third-order valence-electron chi connectivity index (χ3n) is 1.92. The van der Waals surface area contributed by atoms with Gasteiger partial charge in [0.05, 0.1) is 16.9 Å². The van der Waals surface area contributed by atoms with Gasteiger partial charge in [-0.3, -0.25) is 0 Å². The van der Waals surface area contributed by atoms with E-state index in [0.29, 0.717) is 23.7 Å². The molecule has 3 N–H and O–H groups in total. The van der Waals surface area contributed by atoms with Crippen LogP contribution in [0.2, 0.25) is 5.15 Å². The molecule has 0 spiro atoms. The van der Waals surface area contributed by atoms with Crippen molar-refractivity contribution in [3.8, 4) is 0 Å². The number of nitrogens with zero attached hydrogens (tertiary/aromatic N) is 1. The molecule has 0 saturated carbocycles. The Balaban J connectivity index is 3.13. The summed E-state index contributed by atoms with van der Waals surface area (Å²) in [5.41, 5.74) is 6.67. The highest BCUT2D eigenvalue weighted by Crippen LogP contribution is 2.21. The lowest BCUT2D eigenvalue weighted by Gasteiger charge is -2.09. The van der Waals surface area contributed by atoms with E-state index in [2.05, 4.69) is 4.98 Å². The lowest BCUT2D eigenvalue weighted by molar-refractivity contribution is 0.0696. The first-order valence-electron chi connectivity index (χ1n) is 4.60. The molecule has 4 nitrogen and oxygen atoms in total. The monoisotopic (exact) mass is 228 g/mol. The number of carbonyl (C=O) groups is 1. The van der Waals surface area contributed by atoms with Crippen molar-refractivity contribution in [1.82, 2.24) is 4.98 Å². The second-order valence-electron chi connectivity index (χ2n) is 3.77.